The normalized spacial score (nSPS) is 9.82. The van der Waals surface area contributed by atoms with Crippen LogP contribution >= 0.6 is 11.6 Å². The van der Waals surface area contributed by atoms with Crippen molar-refractivity contribution in [2.75, 3.05) is 20.1 Å². The quantitative estimate of drug-likeness (QED) is 0.621. The number of rotatable bonds is 6. The van der Waals surface area contributed by atoms with Crippen molar-refractivity contribution in [3.63, 3.8) is 0 Å². The van der Waals surface area contributed by atoms with Crippen LogP contribution in [0.1, 0.15) is 5.56 Å². The van der Waals surface area contributed by atoms with Gasteiger partial charge < -0.3 is 9.47 Å². The highest BCUT2D eigenvalue weighted by Gasteiger charge is 2.06. The summed E-state index contributed by atoms with van der Waals surface area (Å²) in [6, 6.07) is 5.32. The second kappa shape index (κ2) is 6.98. The number of ether oxygens (including phenoxy) is 2. The zero-order chi connectivity index (χ0) is 12.7. The maximum absolute atomic E-state index is 10.8. The first-order valence-electron chi connectivity index (χ1n) is 4.88. The minimum atomic E-state index is -0.390. The molecule has 5 nitrogen and oxygen atoms in total. The lowest BCUT2D eigenvalue weighted by Crippen LogP contribution is -2.24. The highest BCUT2D eigenvalue weighted by molar-refractivity contribution is 6.27. The fourth-order valence-electron chi connectivity index (χ4n) is 1.19. The Bertz CT molecular complexity index is 384. The molecule has 0 spiro atoms. The summed E-state index contributed by atoms with van der Waals surface area (Å²) < 4.78 is 10.2. The van der Waals surface area contributed by atoms with Crippen molar-refractivity contribution in [3.05, 3.63) is 23.8 Å². The van der Waals surface area contributed by atoms with E-state index < -0.39 is 0 Å². The van der Waals surface area contributed by atoms with Gasteiger partial charge in [0, 0.05) is 11.6 Å². The van der Waals surface area contributed by atoms with Gasteiger partial charge in [0.05, 0.1) is 14.2 Å². The second-order valence-electron chi connectivity index (χ2n) is 3.13. The third-order valence-electron chi connectivity index (χ3n) is 2.03. The van der Waals surface area contributed by atoms with Gasteiger partial charge >= 0.3 is 0 Å². The summed E-state index contributed by atoms with van der Waals surface area (Å²) in [5, 5.41) is 0. The van der Waals surface area contributed by atoms with Crippen molar-refractivity contribution >= 4 is 17.5 Å². The molecule has 1 rings (SSSR count). The number of alkyl halides is 1. The molecule has 0 aliphatic heterocycles. The van der Waals surface area contributed by atoms with Gasteiger partial charge in [-0.1, -0.05) is 0 Å². The van der Waals surface area contributed by atoms with Crippen molar-refractivity contribution in [1.82, 2.24) is 5.48 Å². The number of halogens is 1. The predicted molar refractivity (Wildman–Crippen MR) is 63.2 cm³/mol. The molecule has 0 fully saturated rings. The Labute approximate surface area is 105 Å². The van der Waals surface area contributed by atoms with E-state index >= 15 is 0 Å². The van der Waals surface area contributed by atoms with Gasteiger partial charge in [0.25, 0.3) is 5.91 Å². The minimum Gasteiger partial charge on any atom is -0.497 e. The summed E-state index contributed by atoms with van der Waals surface area (Å²) in [5.74, 6) is 0.791. The van der Waals surface area contributed by atoms with E-state index in [1.54, 1.807) is 32.4 Å². The lowest BCUT2D eigenvalue weighted by atomic mass is 10.2. The van der Waals surface area contributed by atoms with Crippen LogP contribution in [0.2, 0.25) is 0 Å². The van der Waals surface area contributed by atoms with Crippen LogP contribution < -0.4 is 15.0 Å². The minimum absolute atomic E-state index is 0.139. The Morgan fingerprint density at radius 3 is 2.71 bits per heavy atom. The molecule has 1 aromatic rings. The van der Waals surface area contributed by atoms with Crippen LogP contribution in [0.15, 0.2) is 18.2 Å². The van der Waals surface area contributed by atoms with Crippen LogP contribution in [-0.2, 0) is 16.2 Å². The number of hydroxylamine groups is 1. The molecular weight excluding hydrogens is 246 g/mol. The van der Waals surface area contributed by atoms with Crippen molar-refractivity contribution in [3.8, 4) is 11.5 Å². The standard InChI is InChI=1S/C11H14ClNO4/c1-15-9-4-3-8(10(5-9)16-2)7-17-13-11(14)6-12/h3-5H,6-7H2,1-2H3,(H,13,14). The number of hydrogen-bond donors (Lipinski definition) is 1. The second-order valence-corrected chi connectivity index (χ2v) is 3.39. The van der Waals surface area contributed by atoms with E-state index in [9.17, 15) is 4.79 Å². The molecular formula is C11H14ClNO4. The van der Waals surface area contributed by atoms with E-state index in [0.29, 0.717) is 11.5 Å². The first-order chi connectivity index (χ1) is 8.21. The molecule has 6 heteroatoms. The number of carbonyl (C=O) groups excluding carboxylic acids is 1. The Kier molecular flexibility index (Phi) is 5.59. The van der Waals surface area contributed by atoms with Crippen LogP contribution in [-0.4, -0.2) is 26.0 Å². The predicted octanol–water partition coefficient (Wildman–Crippen LogP) is 1.49. The smallest absolute Gasteiger partial charge is 0.258 e. The number of benzene rings is 1. The SMILES string of the molecule is COc1ccc(CONC(=O)CCl)c(OC)c1. The monoisotopic (exact) mass is 259 g/mol. The maximum Gasteiger partial charge on any atom is 0.258 e. The fraction of sp³-hybridized carbons (Fsp3) is 0.364. The average molecular weight is 260 g/mol. The molecule has 0 unspecified atom stereocenters. The zero-order valence-electron chi connectivity index (χ0n) is 9.66. The van der Waals surface area contributed by atoms with Gasteiger partial charge in [0.1, 0.15) is 24.0 Å². The molecule has 1 amide bonds. The van der Waals surface area contributed by atoms with Crippen molar-refractivity contribution in [2.45, 2.75) is 6.61 Å². The van der Waals surface area contributed by atoms with Crippen LogP contribution in [0.4, 0.5) is 0 Å². The topological polar surface area (TPSA) is 56.8 Å². The summed E-state index contributed by atoms with van der Waals surface area (Å²) >= 11 is 5.30. The molecule has 0 aromatic heterocycles. The Morgan fingerprint density at radius 2 is 2.12 bits per heavy atom. The van der Waals surface area contributed by atoms with Crippen LogP contribution in [0.25, 0.3) is 0 Å². The largest absolute Gasteiger partial charge is 0.497 e. The Morgan fingerprint density at radius 1 is 1.35 bits per heavy atom. The Balaban J connectivity index is 2.61. The molecule has 17 heavy (non-hydrogen) atoms. The molecule has 0 atom stereocenters. The number of carbonyl (C=O) groups is 1. The highest BCUT2D eigenvalue weighted by atomic mass is 35.5. The van der Waals surface area contributed by atoms with Crippen molar-refractivity contribution in [1.29, 1.82) is 0 Å². The van der Waals surface area contributed by atoms with Gasteiger partial charge in [0.2, 0.25) is 0 Å². The molecule has 0 aliphatic carbocycles. The van der Waals surface area contributed by atoms with E-state index in [0.717, 1.165) is 5.56 Å². The molecule has 1 aromatic carbocycles. The third kappa shape index (κ3) is 4.13. The van der Waals surface area contributed by atoms with Gasteiger partial charge in [-0.2, -0.15) is 0 Å². The van der Waals surface area contributed by atoms with E-state index in [1.165, 1.54) is 0 Å². The number of amides is 1. The highest BCUT2D eigenvalue weighted by Crippen LogP contribution is 2.24. The van der Waals surface area contributed by atoms with Crippen molar-refractivity contribution < 1.29 is 19.1 Å². The molecule has 0 bridgehead atoms. The van der Waals surface area contributed by atoms with Crippen LogP contribution in [0.5, 0.6) is 11.5 Å². The first-order valence-corrected chi connectivity index (χ1v) is 5.42. The lowest BCUT2D eigenvalue weighted by molar-refractivity contribution is -0.131. The van der Waals surface area contributed by atoms with E-state index in [-0.39, 0.29) is 18.4 Å². The third-order valence-corrected chi connectivity index (χ3v) is 2.27. The van der Waals surface area contributed by atoms with E-state index in [1.807, 2.05) is 0 Å². The summed E-state index contributed by atoms with van der Waals surface area (Å²) in [5.41, 5.74) is 3.00. The van der Waals surface area contributed by atoms with Gasteiger partial charge in [0.15, 0.2) is 0 Å². The summed E-state index contributed by atoms with van der Waals surface area (Å²) in [4.78, 5) is 15.8. The van der Waals surface area contributed by atoms with Crippen LogP contribution in [0.3, 0.4) is 0 Å². The molecule has 0 saturated carbocycles. The lowest BCUT2D eigenvalue weighted by Gasteiger charge is -2.10. The van der Waals surface area contributed by atoms with Gasteiger partial charge in [-0.05, 0) is 12.1 Å². The van der Waals surface area contributed by atoms with Gasteiger partial charge in [-0.3, -0.25) is 9.63 Å². The molecule has 0 saturated heterocycles. The van der Waals surface area contributed by atoms with Crippen molar-refractivity contribution in [2.24, 2.45) is 0 Å². The number of methoxy groups -OCH3 is 2. The molecule has 0 radical (unpaired) electrons. The summed E-state index contributed by atoms with van der Waals surface area (Å²) in [7, 11) is 3.13. The van der Waals surface area contributed by atoms with Gasteiger partial charge in [-0.25, -0.2) is 5.48 Å². The van der Waals surface area contributed by atoms with E-state index in [2.05, 4.69) is 5.48 Å². The van der Waals surface area contributed by atoms with Crippen LogP contribution in [0, 0.1) is 0 Å². The molecule has 0 heterocycles. The summed E-state index contributed by atoms with van der Waals surface area (Å²) in [6.45, 7) is 0.190. The first kappa shape index (κ1) is 13.6. The summed E-state index contributed by atoms with van der Waals surface area (Å²) in [6.07, 6.45) is 0. The van der Waals surface area contributed by atoms with E-state index in [4.69, 9.17) is 25.9 Å². The number of nitrogens with one attached hydrogen (secondary N) is 1. The fourth-order valence-corrected chi connectivity index (χ4v) is 1.25. The Hall–Kier alpha value is -1.46. The maximum atomic E-state index is 10.8. The zero-order valence-corrected chi connectivity index (χ0v) is 10.4. The molecule has 94 valence electrons. The van der Waals surface area contributed by atoms with Gasteiger partial charge in [-0.15, -0.1) is 11.6 Å². The average Bonchev–Trinajstić information content (AvgIpc) is 2.38. The molecule has 0 aliphatic rings. The number of hydrogen-bond acceptors (Lipinski definition) is 4. The molecule has 1 N–H and O–H groups in total.